The molecule has 3 aromatic carbocycles. The van der Waals surface area contributed by atoms with E-state index < -0.39 is 23.6 Å². The summed E-state index contributed by atoms with van der Waals surface area (Å²) in [7, 11) is 1.54. The lowest BCUT2D eigenvalue weighted by molar-refractivity contribution is -0.137. The molecule has 0 saturated carbocycles. The summed E-state index contributed by atoms with van der Waals surface area (Å²) < 4.78 is 57.4. The molecule has 0 aromatic heterocycles. The van der Waals surface area contributed by atoms with Crippen molar-refractivity contribution in [3.05, 3.63) is 89.7 Å². The molecule has 3 rings (SSSR count). The van der Waals surface area contributed by atoms with Crippen molar-refractivity contribution >= 4 is 23.3 Å². The maximum absolute atomic E-state index is 13.4. The molecule has 35 heavy (non-hydrogen) atoms. The van der Waals surface area contributed by atoms with Crippen LogP contribution in [0.5, 0.6) is 5.75 Å². The fourth-order valence-electron chi connectivity index (χ4n) is 3.23. The maximum atomic E-state index is 13.4. The number of nitrogens with zero attached hydrogens (tertiary/aromatic N) is 1. The van der Waals surface area contributed by atoms with Crippen molar-refractivity contribution in [3.8, 4) is 5.75 Å². The molecule has 0 spiro atoms. The minimum atomic E-state index is -4.56. The first-order chi connectivity index (χ1) is 16.7. The monoisotopic (exact) mass is 489 g/mol. The summed E-state index contributed by atoms with van der Waals surface area (Å²) in [6.07, 6.45) is -4.46. The molecule has 0 saturated heterocycles. The topological polar surface area (TPSA) is 70.7 Å². The van der Waals surface area contributed by atoms with E-state index in [1.807, 2.05) is 0 Å². The van der Waals surface area contributed by atoms with Crippen molar-refractivity contribution in [3.63, 3.8) is 0 Å². The van der Waals surface area contributed by atoms with Crippen LogP contribution in [0.4, 0.5) is 33.7 Å². The Balaban J connectivity index is 1.66. The van der Waals surface area contributed by atoms with E-state index in [0.717, 1.165) is 29.8 Å². The van der Waals surface area contributed by atoms with Crippen LogP contribution in [0, 0.1) is 5.82 Å². The number of halogens is 4. The molecule has 10 heteroatoms. The number of ether oxygens (including phenoxy) is 1. The van der Waals surface area contributed by atoms with E-state index in [9.17, 15) is 27.2 Å². The Bertz CT molecular complexity index is 1150. The summed E-state index contributed by atoms with van der Waals surface area (Å²) in [6, 6.07) is 15.5. The van der Waals surface area contributed by atoms with Gasteiger partial charge in [-0.1, -0.05) is 18.2 Å². The van der Waals surface area contributed by atoms with Crippen LogP contribution in [0.15, 0.2) is 72.8 Å². The summed E-state index contributed by atoms with van der Waals surface area (Å²) in [5.41, 5.74) is 0.108. The van der Waals surface area contributed by atoms with Gasteiger partial charge in [0.15, 0.2) is 0 Å². The van der Waals surface area contributed by atoms with Gasteiger partial charge < -0.3 is 15.4 Å². The number of benzene rings is 3. The Labute approximate surface area is 199 Å². The summed E-state index contributed by atoms with van der Waals surface area (Å²) >= 11 is 0. The zero-order valence-corrected chi connectivity index (χ0v) is 18.7. The quantitative estimate of drug-likeness (QED) is 0.425. The van der Waals surface area contributed by atoms with Crippen LogP contribution in [0.2, 0.25) is 0 Å². The number of anilines is 2. The number of amides is 3. The molecular formula is C25H23F4N3O3. The first-order valence-corrected chi connectivity index (χ1v) is 10.6. The number of hydrogen-bond acceptors (Lipinski definition) is 3. The third-order valence-electron chi connectivity index (χ3n) is 5.01. The normalized spacial score (nSPS) is 11.0. The Morgan fingerprint density at radius 1 is 0.971 bits per heavy atom. The van der Waals surface area contributed by atoms with E-state index in [1.165, 1.54) is 36.3 Å². The fraction of sp³-hybridized carbons (Fsp3) is 0.200. The molecule has 6 nitrogen and oxygen atoms in total. The standard InChI is InChI=1S/C25H23F4N3O3/c1-35-22-11-5-17(6-12-22)15-23(33)30-13-14-32(21-9-7-19(26)8-10-21)24(34)31-20-4-2-3-18(16-20)25(27,28)29/h2-12,16H,13-15H2,1H3,(H,30,33)(H,31,34). The van der Waals surface area contributed by atoms with Crippen molar-refractivity contribution in [2.75, 3.05) is 30.4 Å². The summed E-state index contributed by atoms with van der Waals surface area (Å²) in [5.74, 6) is -0.136. The lowest BCUT2D eigenvalue weighted by Crippen LogP contribution is -2.41. The zero-order valence-electron chi connectivity index (χ0n) is 18.7. The van der Waals surface area contributed by atoms with Gasteiger partial charge in [0.2, 0.25) is 5.91 Å². The highest BCUT2D eigenvalue weighted by atomic mass is 19.4. The molecule has 0 aliphatic carbocycles. The SMILES string of the molecule is COc1ccc(CC(=O)NCCN(C(=O)Nc2cccc(C(F)(F)F)c2)c2ccc(F)cc2)cc1. The maximum Gasteiger partial charge on any atom is 0.416 e. The second-order valence-corrected chi connectivity index (χ2v) is 7.51. The van der Waals surface area contributed by atoms with Crippen LogP contribution >= 0.6 is 0 Å². The van der Waals surface area contributed by atoms with Crippen molar-refractivity contribution in [1.82, 2.24) is 5.32 Å². The number of carbonyl (C=O) groups excluding carboxylic acids is 2. The third-order valence-corrected chi connectivity index (χ3v) is 5.01. The predicted octanol–water partition coefficient (Wildman–Crippen LogP) is 5.25. The molecule has 3 amide bonds. The Morgan fingerprint density at radius 3 is 2.29 bits per heavy atom. The number of urea groups is 1. The second kappa shape index (κ2) is 11.4. The van der Waals surface area contributed by atoms with Crippen molar-refractivity contribution in [2.45, 2.75) is 12.6 Å². The number of rotatable bonds is 8. The molecule has 0 bridgehead atoms. The highest BCUT2D eigenvalue weighted by Crippen LogP contribution is 2.30. The number of nitrogens with one attached hydrogen (secondary N) is 2. The van der Waals surface area contributed by atoms with Gasteiger partial charge >= 0.3 is 12.2 Å². The van der Waals surface area contributed by atoms with Crippen LogP contribution < -0.4 is 20.3 Å². The molecule has 3 aromatic rings. The van der Waals surface area contributed by atoms with Crippen LogP contribution in [0.1, 0.15) is 11.1 Å². The van der Waals surface area contributed by atoms with Crippen LogP contribution in [-0.4, -0.2) is 32.1 Å². The van der Waals surface area contributed by atoms with Gasteiger partial charge in [0.05, 0.1) is 19.1 Å². The summed E-state index contributed by atoms with van der Waals surface area (Å²) in [5, 5.41) is 5.13. The minimum absolute atomic E-state index is 0.00915. The molecule has 184 valence electrons. The van der Waals surface area contributed by atoms with E-state index in [0.29, 0.717) is 11.4 Å². The van der Waals surface area contributed by atoms with E-state index in [4.69, 9.17) is 4.74 Å². The van der Waals surface area contributed by atoms with Gasteiger partial charge in [0, 0.05) is 24.5 Å². The molecular weight excluding hydrogens is 466 g/mol. The third kappa shape index (κ3) is 7.46. The van der Waals surface area contributed by atoms with Crippen molar-refractivity contribution < 1.29 is 31.9 Å². The van der Waals surface area contributed by atoms with Gasteiger partial charge in [-0.25, -0.2) is 9.18 Å². The van der Waals surface area contributed by atoms with Gasteiger partial charge in [0.1, 0.15) is 11.6 Å². The van der Waals surface area contributed by atoms with E-state index >= 15 is 0 Å². The highest BCUT2D eigenvalue weighted by Gasteiger charge is 2.30. The second-order valence-electron chi connectivity index (χ2n) is 7.51. The Morgan fingerprint density at radius 2 is 1.66 bits per heavy atom. The lowest BCUT2D eigenvalue weighted by Gasteiger charge is -2.24. The molecule has 2 N–H and O–H groups in total. The Kier molecular flexibility index (Phi) is 8.30. The van der Waals surface area contributed by atoms with Gasteiger partial charge in [-0.2, -0.15) is 13.2 Å². The van der Waals surface area contributed by atoms with Crippen molar-refractivity contribution in [2.24, 2.45) is 0 Å². The molecule has 0 unspecified atom stereocenters. The van der Waals surface area contributed by atoms with E-state index in [2.05, 4.69) is 10.6 Å². The number of alkyl halides is 3. The first-order valence-electron chi connectivity index (χ1n) is 10.6. The molecule has 0 heterocycles. The molecule has 0 aliphatic heterocycles. The largest absolute Gasteiger partial charge is 0.497 e. The van der Waals surface area contributed by atoms with Gasteiger partial charge in [-0.15, -0.1) is 0 Å². The summed E-state index contributed by atoms with van der Waals surface area (Å²) in [6.45, 7) is 0.0488. The predicted molar refractivity (Wildman–Crippen MR) is 124 cm³/mol. The first kappa shape index (κ1) is 25.5. The van der Waals surface area contributed by atoms with Gasteiger partial charge in [-0.05, 0) is 60.2 Å². The number of hydrogen-bond donors (Lipinski definition) is 2. The average Bonchev–Trinajstić information content (AvgIpc) is 2.82. The van der Waals surface area contributed by atoms with E-state index in [-0.39, 0.29) is 31.1 Å². The lowest BCUT2D eigenvalue weighted by atomic mass is 10.1. The fourth-order valence-corrected chi connectivity index (χ4v) is 3.23. The summed E-state index contributed by atoms with van der Waals surface area (Å²) in [4.78, 5) is 26.4. The zero-order chi connectivity index (χ0) is 25.4. The van der Waals surface area contributed by atoms with Crippen LogP contribution in [-0.2, 0) is 17.4 Å². The minimum Gasteiger partial charge on any atom is -0.497 e. The highest BCUT2D eigenvalue weighted by molar-refractivity contribution is 6.01. The smallest absolute Gasteiger partial charge is 0.416 e. The van der Waals surface area contributed by atoms with Gasteiger partial charge in [0.25, 0.3) is 0 Å². The van der Waals surface area contributed by atoms with Gasteiger partial charge in [-0.3, -0.25) is 9.69 Å². The molecule has 0 atom stereocenters. The molecule has 0 fully saturated rings. The average molecular weight is 489 g/mol. The van der Waals surface area contributed by atoms with E-state index in [1.54, 1.807) is 24.3 Å². The Hall–Kier alpha value is -4.08. The van der Waals surface area contributed by atoms with Crippen LogP contribution in [0.3, 0.4) is 0 Å². The molecule has 0 aliphatic rings. The van der Waals surface area contributed by atoms with Crippen LogP contribution in [0.25, 0.3) is 0 Å². The number of carbonyl (C=O) groups is 2. The number of methoxy groups -OCH3 is 1. The molecule has 0 radical (unpaired) electrons. The van der Waals surface area contributed by atoms with Crippen molar-refractivity contribution in [1.29, 1.82) is 0 Å².